The SMILES string of the molecule is N#Cc1c(N)sc2c(F)ccc(-c3c(Cl)cc4c(O[C@H]5C[C@H](NC(=O)[C@@H]6N[C@H]6C6CC6)C5)nc(OC[C@@]56CCCN5C[C@H](F)C6)nc4c3F)c12. The average Bonchev–Trinajstić information content (AvgIpc) is 3.96. The van der Waals surface area contributed by atoms with E-state index in [-0.39, 0.29) is 96.3 Å². The minimum atomic E-state index is -0.961. The molecule has 260 valence electrons. The number of thiophene rings is 1. The largest absolute Gasteiger partial charge is 0.474 e. The summed E-state index contributed by atoms with van der Waals surface area (Å²) >= 11 is 7.68. The summed E-state index contributed by atoms with van der Waals surface area (Å²) in [5.74, 6) is -0.770. The number of hydrogen-bond acceptors (Lipinski definition) is 10. The van der Waals surface area contributed by atoms with Gasteiger partial charge in [0.25, 0.3) is 0 Å². The van der Waals surface area contributed by atoms with Crippen LogP contribution in [0.1, 0.15) is 50.5 Å². The predicted octanol–water partition coefficient (Wildman–Crippen LogP) is 5.63. The monoisotopic (exact) mass is 723 g/mol. The number of nitriles is 1. The topological polar surface area (TPSA) is 148 Å². The maximum absolute atomic E-state index is 16.9. The molecule has 5 aliphatic rings. The molecule has 5 fully saturated rings. The highest BCUT2D eigenvalue weighted by molar-refractivity contribution is 7.23. The predicted molar refractivity (Wildman–Crippen MR) is 182 cm³/mol. The number of carbonyl (C=O) groups is 1. The van der Waals surface area contributed by atoms with E-state index >= 15 is 4.39 Å². The molecule has 0 radical (unpaired) electrons. The van der Waals surface area contributed by atoms with Gasteiger partial charge in [-0.3, -0.25) is 15.0 Å². The Bertz CT molecular complexity index is 2120. The average molecular weight is 724 g/mol. The molecular formula is C35H33ClF3N7O3S. The third kappa shape index (κ3) is 5.32. The number of nitrogens with one attached hydrogen (secondary N) is 2. The van der Waals surface area contributed by atoms with Gasteiger partial charge in [-0.15, -0.1) is 11.3 Å². The van der Waals surface area contributed by atoms with Crippen molar-refractivity contribution in [1.29, 1.82) is 5.26 Å². The molecule has 0 unspecified atom stereocenters. The Morgan fingerprint density at radius 1 is 1.28 bits per heavy atom. The zero-order valence-electron chi connectivity index (χ0n) is 26.8. The highest BCUT2D eigenvalue weighted by Crippen LogP contribution is 2.47. The number of nitrogens with two attached hydrogens (primary N) is 1. The van der Waals surface area contributed by atoms with Crippen LogP contribution in [-0.2, 0) is 4.79 Å². The summed E-state index contributed by atoms with van der Waals surface area (Å²) in [6.45, 7) is 1.23. The van der Waals surface area contributed by atoms with Crippen LogP contribution in [0.3, 0.4) is 0 Å². The first kappa shape index (κ1) is 32.0. The molecule has 0 bridgehead atoms. The third-order valence-electron chi connectivity index (χ3n) is 11.0. The van der Waals surface area contributed by atoms with Gasteiger partial charge in [0.1, 0.15) is 47.3 Å². The third-order valence-corrected chi connectivity index (χ3v) is 12.3. The molecule has 2 saturated carbocycles. The van der Waals surface area contributed by atoms with E-state index < -0.39 is 23.3 Å². The maximum Gasteiger partial charge on any atom is 0.320 e. The quantitative estimate of drug-likeness (QED) is 0.187. The van der Waals surface area contributed by atoms with E-state index in [2.05, 4.69) is 25.5 Å². The van der Waals surface area contributed by atoms with Gasteiger partial charge in [0.2, 0.25) is 11.8 Å². The molecule has 2 aromatic carbocycles. The maximum atomic E-state index is 16.9. The second-order valence-corrected chi connectivity index (χ2v) is 15.8. The van der Waals surface area contributed by atoms with Crippen molar-refractivity contribution in [2.75, 3.05) is 25.4 Å². The second kappa shape index (κ2) is 11.8. The minimum absolute atomic E-state index is 0.000461. The number of hydrogen-bond donors (Lipinski definition) is 3. The van der Waals surface area contributed by atoms with Crippen molar-refractivity contribution in [2.45, 2.75) is 80.9 Å². The zero-order valence-corrected chi connectivity index (χ0v) is 28.4. The highest BCUT2D eigenvalue weighted by atomic mass is 35.5. The van der Waals surface area contributed by atoms with E-state index in [1.807, 2.05) is 6.07 Å². The van der Waals surface area contributed by atoms with Crippen molar-refractivity contribution in [3.05, 3.63) is 40.4 Å². The standard InChI is InChI=1S/C35H33ClF3N7O3S/c36-22-10-20-28(26(39)25(22)19-4-5-23(38)30-24(19)21(12-40)31(41)50-30)44-34(48-14-35-6-1-7-46(35)13-16(37)11-35)45-33(20)49-18-8-17(9-18)42-32(47)29-27(43-29)15-2-3-15/h4-5,10,15-18,27,29,43H,1-3,6-9,11,13-14,41H2,(H,42,47)/t16-,17-,18-,27+,29-,35+/m1/s1. The van der Waals surface area contributed by atoms with E-state index in [0.29, 0.717) is 31.7 Å². The molecule has 15 heteroatoms. The molecule has 4 N–H and O–H groups in total. The van der Waals surface area contributed by atoms with Crippen LogP contribution in [-0.4, -0.2) is 76.4 Å². The number of benzene rings is 2. The zero-order chi connectivity index (χ0) is 34.5. The normalized spacial score (nSPS) is 28.7. The first-order chi connectivity index (χ1) is 24.1. The van der Waals surface area contributed by atoms with Crippen LogP contribution in [0.25, 0.3) is 32.1 Å². The summed E-state index contributed by atoms with van der Waals surface area (Å²) in [6, 6.07) is 5.99. The molecule has 1 amide bonds. The van der Waals surface area contributed by atoms with Gasteiger partial charge in [-0.2, -0.15) is 15.2 Å². The van der Waals surface area contributed by atoms with Crippen molar-refractivity contribution in [3.63, 3.8) is 0 Å². The van der Waals surface area contributed by atoms with Crippen LogP contribution in [0.4, 0.5) is 18.2 Å². The van der Waals surface area contributed by atoms with E-state index in [0.717, 1.165) is 30.7 Å². The van der Waals surface area contributed by atoms with Crippen molar-refractivity contribution in [3.8, 4) is 29.1 Å². The van der Waals surface area contributed by atoms with Gasteiger partial charge in [0, 0.05) is 48.8 Å². The van der Waals surface area contributed by atoms with Gasteiger partial charge < -0.3 is 20.5 Å². The Balaban J connectivity index is 1.05. The molecule has 9 rings (SSSR count). The van der Waals surface area contributed by atoms with Crippen molar-refractivity contribution in [2.24, 2.45) is 5.92 Å². The first-order valence-corrected chi connectivity index (χ1v) is 18.2. The number of aromatic nitrogens is 2. The summed E-state index contributed by atoms with van der Waals surface area (Å²) in [5.41, 5.74) is 5.54. The van der Waals surface area contributed by atoms with E-state index in [9.17, 15) is 18.8 Å². The molecule has 4 aromatic rings. The number of rotatable bonds is 9. The summed E-state index contributed by atoms with van der Waals surface area (Å²) in [7, 11) is 0. The molecule has 2 aliphatic carbocycles. The number of fused-ring (bicyclic) bond motifs is 3. The summed E-state index contributed by atoms with van der Waals surface area (Å²) in [4.78, 5) is 23.8. The summed E-state index contributed by atoms with van der Waals surface area (Å²) in [6.07, 6.45) is 4.11. The lowest BCUT2D eigenvalue weighted by Gasteiger charge is -2.35. The molecule has 0 spiro atoms. The van der Waals surface area contributed by atoms with Crippen LogP contribution in [0.5, 0.6) is 11.9 Å². The van der Waals surface area contributed by atoms with E-state index in [4.69, 9.17) is 26.8 Å². The number of anilines is 1. The highest BCUT2D eigenvalue weighted by Gasteiger charge is 2.52. The Kier molecular flexibility index (Phi) is 7.58. The van der Waals surface area contributed by atoms with Crippen molar-refractivity contribution < 1.29 is 27.4 Å². The number of nitrogens with zero attached hydrogens (tertiary/aromatic N) is 4. The fourth-order valence-corrected chi connectivity index (χ4v) is 9.43. The van der Waals surface area contributed by atoms with Gasteiger partial charge in [-0.25, -0.2) is 13.2 Å². The van der Waals surface area contributed by atoms with Crippen LogP contribution in [0.15, 0.2) is 18.2 Å². The van der Waals surface area contributed by atoms with Crippen molar-refractivity contribution in [1.82, 2.24) is 25.5 Å². The number of amides is 1. The number of halogens is 4. The molecule has 10 nitrogen and oxygen atoms in total. The lowest BCUT2D eigenvalue weighted by molar-refractivity contribution is -0.122. The van der Waals surface area contributed by atoms with Crippen molar-refractivity contribution >= 4 is 54.8 Å². The fourth-order valence-electron chi connectivity index (χ4n) is 8.19. The van der Waals surface area contributed by atoms with Crippen LogP contribution >= 0.6 is 22.9 Å². The Morgan fingerprint density at radius 2 is 2.10 bits per heavy atom. The molecular weight excluding hydrogens is 691 g/mol. The van der Waals surface area contributed by atoms with Crippen LogP contribution < -0.4 is 25.8 Å². The molecule has 4 atom stereocenters. The number of nitrogen functional groups attached to an aromatic ring is 1. The minimum Gasteiger partial charge on any atom is -0.474 e. The Hall–Kier alpha value is -3.90. The van der Waals surface area contributed by atoms with Gasteiger partial charge in [0.05, 0.1) is 26.2 Å². The lowest BCUT2D eigenvalue weighted by Crippen LogP contribution is -2.50. The number of carbonyl (C=O) groups excluding carboxylic acids is 1. The van der Waals surface area contributed by atoms with Gasteiger partial charge >= 0.3 is 6.01 Å². The Morgan fingerprint density at radius 3 is 2.88 bits per heavy atom. The van der Waals surface area contributed by atoms with Crippen LogP contribution in [0, 0.1) is 28.9 Å². The molecule has 5 heterocycles. The van der Waals surface area contributed by atoms with Gasteiger partial charge in [-0.1, -0.05) is 17.7 Å². The first-order valence-electron chi connectivity index (χ1n) is 17.0. The van der Waals surface area contributed by atoms with Gasteiger partial charge in [0.15, 0.2) is 5.82 Å². The summed E-state index contributed by atoms with van der Waals surface area (Å²) < 4.78 is 58.8. The molecule has 3 saturated heterocycles. The summed E-state index contributed by atoms with van der Waals surface area (Å²) in [5, 5.41) is 16.6. The van der Waals surface area contributed by atoms with E-state index in [1.54, 1.807) is 0 Å². The molecule has 2 aromatic heterocycles. The fraction of sp³-hybridized carbons (Fsp3) is 0.486. The molecule has 3 aliphatic heterocycles. The van der Waals surface area contributed by atoms with Gasteiger partial charge in [-0.05, 0) is 55.8 Å². The lowest BCUT2D eigenvalue weighted by atomic mass is 9.89. The van der Waals surface area contributed by atoms with E-state index in [1.165, 1.54) is 31.0 Å². The Labute approximate surface area is 294 Å². The van der Waals surface area contributed by atoms with Crippen LogP contribution in [0.2, 0.25) is 5.02 Å². The second-order valence-electron chi connectivity index (χ2n) is 14.3. The number of ether oxygens (including phenoxy) is 2. The number of alkyl halides is 1. The smallest absolute Gasteiger partial charge is 0.320 e. The molecule has 50 heavy (non-hydrogen) atoms.